The number of guanidine groups is 1. The third-order valence-corrected chi connectivity index (χ3v) is 4.19. The molecule has 148 valence electrons. The van der Waals surface area contributed by atoms with Crippen molar-refractivity contribution in [2.24, 2.45) is 12.0 Å². The lowest BCUT2D eigenvalue weighted by Crippen LogP contribution is -2.38. The van der Waals surface area contributed by atoms with Gasteiger partial charge in [0, 0.05) is 51.7 Å². The Morgan fingerprint density at radius 1 is 1.22 bits per heavy atom. The lowest BCUT2D eigenvalue weighted by atomic mass is 10.2. The molecule has 0 radical (unpaired) electrons. The molecule has 2 N–H and O–H groups in total. The van der Waals surface area contributed by atoms with Gasteiger partial charge in [-0.05, 0) is 36.2 Å². The summed E-state index contributed by atoms with van der Waals surface area (Å²) >= 11 is 0. The average Bonchev–Trinajstić information content (AvgIpc) is 3.02. The molecule has 1 aromatic heterocycles. The third-order valence-electron chi connectivity index (χ3n) is 4.19. The highest BCUT2D eigenvalue weighted by Crippen LogP contribution is 2.10. The second kappa shape index (κ2) is 11.6. The molecule has 6 nitrogen and oxygen atoms in total. The van der Waals surface area contributed by atoms with Crippen LogP contribution in [0.25, 0.3) is 0 Å². The summed E-state index contributed by atoms with van der Waals surface area (Å²) in [7, 11) is 5.85. The maximum atomic E-state index is 11.6. The predicted molar refractivity (Wildman–Crippen MR) is 122 cm³/mol. The van der Waals surface area contributed by atoms with E-state index in [1.54, 1.807) is 7.05 Å². The molecular formula is C20H30IN5O. The zero-order valence-electron chi connectivity index (χ0n) is 16.5. The van der Waals surface area contributed by atoms with Crippen LogP contribution in [0.2, 0.25) is 0 Å². The number of rotatable bonds is 7. The van der Waals surface area contributed by atoms with Gasteiger partial charge in [0.25, 0.3) is 0 Å². The van der Waals surface area contributed by atoms with Crippen molar-refractivity contribution in [1.29, 1.82) is 0 Å². The maximum absolute atomic E-state index is 11.6. The Kier molecular flexibility index (Phi) is 9.92. The lowest BCUT2D eigenvalue weighted by Gasteiger charge is -2.22. The van der Waals surface area contributed by atoms with Gasteiger partial charge in [0.1, 0.15) is 0 Å². The lowest BCUT2D eigenvalue weighted by molar-refractivity contribution is -0.116. The van der Waals surface area contributed by atoms with Crippen molar-refractivity contribution in [3.8, 4) is 0 Å². The summed E-state index contributed by atoms with van der Waals surface area (Å²) in [5.41, 5.74) is 3.19. The quantitative estimate of drug-likeness (QED) is 0.360. The zero-order valence-corrected chi connectivity index (χ0v) is 18.9. The normalized spacial score (nSPS) is 10.9. The number of aliphatic imine (C=N–C) groups is 1. The van der Waals surface area contributed by atoms with Crippen molar-refractivity contribution in [3.63, 3.8) is 0 Å². The molecule has 0 fully saturated rings. The fourth-order valence-corrected chi connectivity index (χ4v) is 2.70. The highest BCUT2D eigenvalue weighted by molar-refractivity contribution is 14.0. The van der Waals surface area contributed by atoms with E-state index >= 15 is 0 Å². The Bertz CT molecular complexity index is 739. The van der Waals surface area contributed by atoms with Gasteiger partial charge >= 0.3 is 0 Å². The van der Waals surface area contributed by atoms with Gasteiger partial charge in [0.05, 0.1) is 6.54 Å². The molecule has 1 heterocycles. The first-order valence-electron chi connectivity index (χ1n) is 8.94. The number of hydrogen-bond acceptors (Lipinski definition) is 2. The standard InChI is InChI=1S/C20H29N5O.HI/c1-5-7-19(26)23-17-11-9-16(10-12-17)14-22-20(21-2)25(4)15-18-8-6-13-24(18)3;/h6,8-13H,5,7,14-15H2,1-4H3,(H,21,22)(H,23,26);1H. The molecule has 2 aromatic rings. The van der Waals surface area contributed by atoms with Crippen LogP contribution in [-0.2, 0) is 24.9 Å². The number of hydrogen-bond donors (Lipinski definition) is 2. The number of anilines is 1. The smallest absolute Gasteiger partial charge is 0.224 e. The largest absolute Gasteiger partial charge is 0.353 e. The van der Waals surface area contributed by atoms with E-state index in [9.17, 15) is 4.79 Å². The molecule has 0 bridgehead atoms. The van der Waals surface area contributed by atoms with E-state index in [4.69, 9.17) is 0 Å². The second-order valence-electron chi connectivity index (χ2n) is 6.36. The van der Waals surface area contributed by atoms with Crippen LogP contribution in [0.1, 0.15) is 31.0 Å². The number of nitrogens with zero attached hydrogens (tertiary/aromatic N) is 3. The van der Waals surface area contributed by atoms with Crippen molar-refractivity contribution >= 4 is 41.5 Å². The molecule has 1 aromatic carbocycles. The molecule has 0 saturated heterocycles. The van der Waals surface area contributed by atoms with Crippen molar-refractivity contribution in [1.82, 2.24) is 14.8 Å². The molecule has 0 saturated carbocycles. The van der Waals surface area contributed by atoms with Crippen LogP contribution in [-0.4, -0.2) is 35.4 Å². The van der Waals surface area contributed by atoms with Crippen LogP contribution in [0, 0.1) is 0 Å². The van der Waals surface area contributed by atoms with Crippen LogP contribution in [0.15, 0.2) is 47.6 Å². The first kappa shape index (κ1) is 23.0. The van der Waals surface area contributed by atoms with Gasteiger partial charge in [-0.3, -0.25) is 9.79 Å². The van der Waals surface area contributed by atoms with E-state index in [1.807, 2.05) is 57.5 Å². The number of carbonyl (C=O) groups excluding carboxylic acids is 1. The highest BCUT2D eigenvalue weighted by Gasteiger charge is 2.08. The Labute approximate surface area is 179 Å². The van der Waals surface area contributed by atoms with Crippen LogP contribution >= 0.6 is 24.0 Å². The molecule has 0 spiro atoms. The topological polar surface area (TPSA) is 61.7 Å². The molecule has 7 heteroatoms. The van der Waals surface area contributed by atoms with Gasteiger partial charge in [-0.2, -0.15) is 0 Å². The van der Waals surface area contributed by atoms with E-state index in [-0.39, 0.29) is 29.9 Å². The second-order valence-corrected chi connectivity index (χ2v) is 6.36. The van der Waals surface area contributed by atoms with Gasteiger partial charge < -0.3 is 20.1 Å². The summed E-state index contributed by atoms with van der Waals surface area (Å²) < 4.78 is 2.11. The summed E-state index contributed by atoms with van der Waals surface area (Å²) in [6, 6.07) is 12.0. The summed E-state index contributed by atoms with van der Waals surface area (Å²) in [6.07, 6.45) is 3.44. The molecule has 2 rings (SSSR count). The fraction of sp³-hybridized carbons (Fsp3) is 0.400. The molecule has 0 aliphatic heterocycles. The number of aromatic nitrogens is 1. The molecule has 0 unspecified atom stereocenters. The molecule has 1 amide bonds. The number of halogens is 1. The number of benzene rings is 1. The maximum Gasteiger partial charge on any atom is 0.224 e. The summed E-state index contributed by atoms with van der Waals surface area (Å²) in [5, 5.41) is 6.28. The van der Waals surface area contributed by atoms with Crippen LogP contribution in [0.4, 0.5) is 5.69 Å². The van der Waals surface area contributed by atoms with E-state index in [2.05, 4.69) is 31.2 Å². The summed E-state index contributed by atoms with van der Waals surface area (Å²) in [4.78, 5) is 18.1. The Balaban J connectivity index is 0.00000364. The van der Waals surface area contributed by atoms with Crippen LogP contribution in [0.3, 0.4) is 0 Å². The van der Waals surface area contributed by atoms with Crippen molar-refractivity contribution in [3.05, 3.63) is 53.9 Å². The third kappa shape index (κ3) is 7.24. The van der Waals surface area contributed by atoms with Gasteiger partial charge in [0.2, 0.25) is 5.91 Å². The zero-order chi connectivity index (χ0) is 18.9. The van der Waals surface area contributed by atoms with E-state index in [0.717, 1.165) is 30.2 Å². The first-order valence-corrected chi connectivity index (χ1v) is 8.94. The Hall–Kier alpha value is -2.03. The minimum atomic E-state index is 0. The predicted octanol–water partition coefficient (Wildman–Crippen LogP) is 3.59. The number of nitrogens with one attached hydrogen (secondary N) is 2. The first-order chi connectivity index (χ1) is 12.5. The number of aryl methyl sites for hydroxylation is 1. The molecule has 0 atom stereocenters. The van der Waals surface area contributed by atoms with E-state index < -0.39 is 0 Å². The highest BCUT2D eigenvalue weighted by atomic mass is 127. The van der Waals surface area contributed by atoms with Gasteiger partial charge in [-0.15, -0.1) is 24.0 Å². The van der Waals surface area contributed by atoms with Crippen molar-refractivity contribution in [2.75, 3.05) is 19.4 Å². The minimum absolute atomic E-state index is 0. The van der Waals surface area contributed by atoms with Crippen LogP contribution in [0.5, 0.6) is 0 Å². The molecule has 0 aliphatic rings. The summed E-state index contributed by atoms with van der Waals surface area (Å²) in [6.45, 7) is 3.45. The monoisotopic (exact) mass is 483 g/mol. The summed E-state index contributed by atoms with van der Waals surface area (Å²) in [5.74, 6) is 0.896. The van der Waals surface area contributed by atoms with Crippen LogP contribution < -0.4 is 10.6 Å². The fourth-order valence-electron chi connectivity index (χ4n) is 2.70. The van der Waals surface area contributed by atoms with Gasteiger partial charge in [-0.25, -0.2) is 0 Å². The molecule has 27 heavy (non-hydrogen) atoms. The number of amides is 1. The SMILES string of the molecule is CCCC(=O)Nc1ccc(CNC(=NC)N(C)Cc2cccn2C)cc1.I. The van der Waals surface area contributed by atoms with Gasteiger partial charge in [-0.1, -0.05) is 19.1 Å². The Morgan fingerprint density at radius 2 is 1.93 bits per heavy atom. The van der Waals surface area contributed by atoms with Crippen molar-refractivity contribution < 1.29 is 4.79 Å². The Morgan fingerprint density at radius 3 is 2.48 bits per heavy atom. The molecular weight excluding hydrogens is 453 g/mol. The number of carbonyl (C=O) groups is 1. The van der Waals surface area contributed by atoms with E-state index in [1.165, 1.54) is 5.69 Å². The van der Waals surface area contributed by atoms with Gasteiger partial charge in [0.15, 0.2) is 5.96 Å². The average molecular weight is 483 g/mol. The molecule has 0 aliphatic carbocycles. The van der Waals surface area contributed by atoms with Crippen molar-refractivity contribution in [2.45, 2.75) is 32.9 Å². The minimum Gasteiger partial charge on any atom is -0.353 e. The van der Waals surface area contributed by atoms with E-state index in [0.29, 0.717) is 13.0 Å².